The van der Waals surface area contributed by atoms with Crippen LogP contribution in [0.3, 0.4) is 0 Å². The van der Waals surface area contributed by atoms with Crippen LogP contribution in [0.2, 0.25) is 5.02 Å². The first-order valence-electron chi connectivity index (χ1n) is 8.13. The third kappa shape index (κ3) is 3.79. The standard InChI is InChI=1S/C17H23ClN2OS/c18-15-8-2-1-7-14(15)17-20(16(21)13-22-17)12-6-5-11-19-9-3-4-10-19/h1-2,7-8,17H,3-6,9-13H2. The zero-order valence-electron chi connectivity index (χ0n) is 12.8. The van der Waals surface area contributed by atoms with Gasteiger partial charge in [0.1, 0.15) is 5.37 Å². The monoisotopic (exact) mass is 338 g/mol. The lowest BCUT2D eigenvalue weighted by Crippen LogP contribution is -2.30. The first kappa shape index (κ1) is 16.2. The first-order valence-corrected chi connectivity index (χ1v) is 9.56. The van der Waals surface area contributed by atoms with Crippen molar-refractivity contribution in [1.82, 2.24) is 9.80 Å². The number of likely N-dealkylation sites (tertiary alicyclic amines) is 1. The van der Waals surface area contributed by atoms with Crippen LogP contribution in [0.4, 0.5) is 0 Å². The molecule has 2 saturated heterocycles. The molecular formula is C17H23ClN2OS. The predicted molar refractivity (Wildman–Crippen MR) is 93.3 cm³/mol. The number of hydrogen-bond donors (Lipinski definition) is 0. The number of unbranched alkanes of at least 4 members (excludes halogenated alkanes) is 1. The highest BCUT2D eigenvalue weighted by atomic mass is 35.5. The average molecular weight is 339 g/mol. The van der Waals surface area contributed by atoms with E-state index in [0.717, 1.165) is 23.6 Å². The molecule has 5 heteroatoms. The Morgan fingerprint density at radius 2 is 1.86 bits per heavy atom. The van der Waals surface area contributed by atoms with E-state index in [2.05, 4.69) is 4.90 Å². The van der Waals surface area contributed by atoms with Crippen LogP contribution >= 0.6 is 23.4 Å². The van der Waals surface area contributed by atoms with Crippen LogP contribution in [0.1, 0.15) is 36.6 Å². The van der Waals surface area contributed by atoms with Crippen molar-refractivity contribution in [3.63, 3.8) is 0 Å². The Hall–Kier alpha value is -0.710. The minimum absolute atomic E-state index is 0.0907. The Balaban J connectivity index is 1.53. The van der Waals surface area contributed by atoms with Crippen LogP contribution in [-0.4, -0.2) is 47.6 Å². The summed E-state index contributed by atoms with van der Waals surface area (Å²) in [6, 6.07) is 7.88. The zero-order valence-corrected chi connectivity index (χ0v) is 14.4. The first-order chi connectivity index (χ1) is 10.8. The third-order valence-corrected chi connectivity index (χ3v) is 6.04. The van der Waals surface area contributed by atoms with Crippen LogP contribution < -0.4 is 0 Å². The van der Waals surface area contributed by atoms with E-state index in [1.807, 2.05) is 29.2 Å². The molecule has 3 rings (SSSR count). The van der Waals surface area contributed by atoms with Crippen LogP contribution in [-0.2, 0) is 4.79 Å². The van der Waals surface area contributed by atoms with Crippen molar-refractivity contribution in [2.75, 3.05) is 31.9 Å². The topological polar surface area (TPSA) is 23.6 Å². The van der Waals surface area contributed by atoms with Crippen molar-refractivity contribution < 1.29 is 4.79 Å². The highest BCUT2D eigenvalue weighted by Crippen LogP contribution is 2.41. The van der Waals surface area contributed by atoms with Gasteiger partial charge in [-0.3, -0.25) is 4.79 Å². The van der Waals surface area contributed by atoms with Crippen molar-refractivity contribution >= 4 is 29.3 Å². The summed E-state index contributed by atoms with van der Waals surface area (Å²) in [7, 11) is 0. The van der Waals surface area contributed by atoms with Gasteiger partial charge < -0.3 is 9.80 Å². The van der Waals surface area contributed by atoms with E-state index in [9.17, 15) is 4.79 Å². The molecule has 0 aromatic heterocycles. The third-order valence-electron chi connectivity index (χ3n) is 4.46. The zero-order chi connectivity index (χ0) is 15.4. The molecule has 22 heavy (non-hydrogen) atoms. The maximum Gasteiger partial charge on any atom is 0.233 e. The van der Waals surface area contributed by atoms with Crippen LogP contribution in [0.5, 0.6) is 0 Å². The van der Waals surface area contributed by atoms with Gasteiger partial charge in [-0.05, 0) is 51.4 Å². The molecule has 0 N–H and O–H groups in total. The molecule has 2 aliphatic rings. The number of amides is 1. The maximum absolute atomic E-state index is 12.2. The van der Waals surface area contributed by atoms with E-state index < -0.39 is 0 Å². The molecule has 1 unspecified atom stereocenters. The molecule has 2 heterocycles. The second-order valence-corrected chi connectivity index (χ2v) is 7.50. The summed E-state index contributed by atoms with van der Waals surface area (Å²) in [5.74, 6) is 0.818. The Kier molecular flexibility index (Phi) is 5.66. The molecule has 0 bridgehead atoms. The van der Waals surface area contributed by atoms with Gasteiger partial charge in [0.25, 0.3) is 0 Å². The van der Waals surface area contributed by atoms with Crippen LogP contribution in [0, 0.1) is 0 Å². The second-order valence-electron chi connectivity index (χ2n) is 6.03. The SMILES string of the molecule is O=C1CSC(c2ccccc2Cl)N1CCCCN1CCCC1. The number of rotatable bonds is 6. The molecule has 0 radical (unpaired) electrons. The smallest absolute Gasteiger partial charge is 0.233 e. The summed E-state index contributed by atoms with van der Waals surface area (Å²) in [5, 5.41) is 0.852. The molecule has 2 fully saturated rings. The Morgan fingerprint density at radius 1 is 1.14 bits per heavy atom. The normalized spacial score (nSPS) is 22.7. The van der Waals surface area contributed by atoms with Crippen molar-refractivity contribution in [3.8, 4) is 0 Å². The molecule has 1 aromatic carbocycles. The lowest BCUT2D eigenvalue weighted by Gasteiger charge is -2.25. The highest BCUT2D eigenvalue weighted by molar-refractivity contribution is 8.00. The summed E-state index contributed by atoms with van der Waals surface area (Å²) < 4.78 is 0. The number of carbonyl (C=O) groups excluding carboxylic acids is 1. The highest BCUT2D eigenvalue weighted by Gasteiger charge is 2.33. The molecule has 0 spiro atoms. The molecule has 0 saturated carbocycles. The molecule has 1 aromatic rings. The lowest BCUT2D eigenvalue weighted by atomic mass is 10.2. The maximum atomic E-state index is 12.2. The van der Waals surface area contributed by atoms with Gasteiger partial charge in [0, 0.05) is 17.1 Å². The van der Waals surface area contributed by atoms with E-state index in [1.165, 1.54) is 38.9 Å². The molecular weight excluding hydrogens is 316 g/mol. The largest absolute Gasteiger partial charge is 0.326 e. The van der Waals surface area contributed by atoms with Gasteiger partial charge in [0.15, 0.2) is 0 Å². The number of benzene rings is 1. The lowest BCUT2D eigenvalue weighted by molar-refractivity contribution is -0.128. The Labute approximate surface area is 142 Å². The molecule has 0 aliphatic carbocycles. The Bertz CT molecular complexity index is 519. The van der Waals surface area contributed by atoms with E-state index >= 15 is 0 Å². The van der Waals surface area contributed by atoms with Gasteiger partial charge in [-0.25, -0.2) is 0 Å². The van der Waals surface area contributed by atoms with Crippen LogP contribution in [0.15, 0.2) is 24.3 Å². The minimum Gasteiger partial charge on any atom is -0.326 e. The van der Waals surface area contributed by atoms with Gasteiger partial charge in [-0.2, -0.15) is 0 Å². The fourth-order valence-corrected chi connectivity index (χ4v) is 4.81. The second kappa shape index (κ2) is 7.71. The van der Waals surface area contributed by atoms with Gasteiger partial charge in [-0.1, -0.05) is 29.8 Å². The Morgan fingerprint density at radius 3 is 2.64 bits per heavy atom. The van der Waals surface area contributed by atoms with Crippen molar-refractivity contribution in [1.29, 1.82) is 0 Å². The number of nitrogens with zero attached hydrogens (tertiary/aromatic N) is 2. The minimum atomic E-state index is 0.0907. The van der Waals surface area contributed by atoms with E-state index in [4.69, 9.17) is 11.6 Å². The number of carbonyl (C=O) groups is 1. The van der Waals surface area contributed by atoms with Gasteiger partial charge >= 0.3 is 0 Å². The van der Waals surface area contributed by atoms with Gasteiger partial charge in [0.05, 0.1) is 5.75 Å². The summed E-state index contributed by atoms with van der Waals surface area (Å²) >= 11 is 8.00. The summed E-state index contributed by atoms with van der Waals surface area (Å²) in [6.07, 6.45) is 4.93. The van der Waals surface area contributed by atoms with Crippen molar-refractivity contribution in [3.05, 3.63) is 34.9 Å². The van der Waals surface area contributed by atoms with Gasteiger partial charge in [-0.15, -0.1) is 11.8 Å². The molecule has 120 valence electrons. The van der Waals surface area contributed by atoms with Gasteiger partial charge in [0.2, 0.25) is 5.91 Å². The van der Waals surface area contributed by atoms with Crippen LogP contribution in [0.25, 0.3) is 0 Å². The molecule has 1 amide bonds. The number of hydrogen-bond acceptors (Lipinski definition) is 3. The molecule has 3 nitrogen and oxygen atoms in total. The molecule has 2 aliphatic heterocycles. The fourth-order valence-electron chi connectivity index (χ4n) is 3.25. The predicted octanol–water partition coefficient (Wildman–Crippen LogP) is 3.79. The van der Waals surface area contributed by atoms with E-state index in [0.29, 0.717) is 5.75 Å². The van der Waals surface area contributed by atoms with E-state index in [1.54, 1.807) is 11.8 Å². The quantitative estimate of drug-likeness (QED) is 0.737. The summed E-state index contributed by atoms with van der Waals surface area (Å²) in [6.45, 7) is 4.52. The average Bonchev–Trinajstić information content (AvgIpc) is 3.15. The summed E-state index contributed by atoms with van der Waals surface area (Å²) in [5.41, 5.74) is 1.07. The van der Waals surface area contributed by atoms with Crippen molar-refractivity contribution in [2.45, 2.75) is 31.1 Å². The fraction of sp³-hybridized carbons (Fsp3) is 0.588. The number of halogens is 1. The molecule has 1 atom stereocenters. The number of thioether (sulfide) groups is 1. The summed E-state index contributed by atoms with van der Waals surface area (Å²) in [4.78, 5) is 16.7. The van der Waals surface area contributed by atoms with E-state index in [-0.39, 0.29) is 11.3 Å². The van der Waals surface area contributed by atoms with Crippen molar-refractivity contribution in [2.24, 2.45) is 0 Å².